The van der Waals surface area contributed by atoms with Crippen molar-refractivity contribution < 1.29 is 14.3 Å². The molecule has 1 N–H and O–H groups in total. The van der Waals surface area contributed by atoms with Gasteiger partial charge >= 0.3 is 0 Å². The van der Waals surface area contributed by atoms with Gasteiger partial charge in [0.2, 0.25) is 0 Å². The second kappa shape index (κ2) is 11.1. The Hall–Kier alpha value is -2.83. The summed E-state index contributed by atoms with van der Waals surface area (Å²) >= 11 is 8.08. The predicted molar refractivity (Wildman–Crippen MR) is 140 cm³/mol. The molecular weight excluding hydrogens is 468 g/mol. The summed E-state index contributed by atoms with van der Waals surface area (Å²) in [6, 6.07) is 13.6. The van der Waals surface area contributed by atoms with Crippen molar-refractivity contribution >= 4 is 40.1 Å². The molecule has 7 heteroatoms. The predicted octanol–water partition coefficient (Wildman–Crippen LogP) is 6.76. The lowest BCUT2D eigenvalue weighted by molar-refractivity contribution is 0.0951. The van der Waals surface area contributed by atoms with Crippen molar-refractivity contribution in [2.75, 3.05) is 7.11 Å². The van der Waals surface area contributed by atoms with Crippen molar-refractivity contribution in [2.45, 2.75) is 52.2 Å². The SMILES string of the molecule is COc1cc(C=Nc2sc3c(c2C(=O)NCc2ccccc2)CCCC3)cc(Cl)c1OC(C)C. The van der Waals surface area contributed by atoms with Crippen molar-refractivity contribution in [2.24, 2.45) is 4.99 Å². The largest absolute Gasteiger partial charge is 0.493 e. The van der Waals surface area contributed by atoms with Gasteiger partial charge in [-0.05, 0) is 68.4 Å². The second-order valence-electron chi connectivity index (χ2n) is 8.52. The first-order chi connectivity index (χ1) is 16.5. The number of hydrogen-bond acceptors (Lipinski definition) is 5. The molecule has 0 spiro atoms. The van der Waals surface area contributed by atoms with Crippen molar-refractivity contribution in [3.8, 4) is 11.5 Å². The van der Waals surface area contributed by atoms with Crippen molar-refractivity contribution in [3.05, 3.63) is 74.6 Å². The first kappa shape index (κ1) is 24.3. The molecule has 1 aliphatic rings. The van der Waals surface area contributed by atoms with E-state index < -0.39 is 0 Å². The lowest BCUT2D eigenvalue weighted by atomic mass is 9.95. The standard InChI is InChI=1S/C27H29ClN2O3S/c1-17(2)33-25-21(28)13-19(14-22(25)32-3)16-30-27-24(20-11-7-8-12-23(20)34-27)26(31)29-15-18-9-5-4-6-10-18/h4-6,9-10,13-14,16-17H,7-8,11-12,15H2,1-3H3,(H,29,31). The zero-order chi connectivity index (χ0) is 24.1. The zero-order valence-corrected chi connectivity index (χ0v) is 21.3. The summed E-state index contributed by atoms with van der Waals surface area (Å²) in [6.07, 6.45) is 5.85. The Kier molecular flexibility index (Phi) is 7.91. The van der Waals surface area contributed by atoms with Gasteiger partial charge in [0, 0.05) is 17.6 Å². The van der Waals surface area contributed by atoms with Gasteiger partial charge in [-0.2, -0.15) is 0 Å². The third-order valence-corrected chi connectivity index (χ3v) is 7.09. The highest BCUT2D eigenvalue weighted by atomic mass is 35.5. The Labute approximate surface area is 209 Å². The monoisotopic (exact) mass is 496 g/mol. The fourth-order valence-electron chi connectivity index (χ4n) is 4.04. The number of fused-ring (bicyclic) bond motifs is 1. The molecule has 0 atom stereocenters. The van der Waals surface area contributed by atoms with Gasteiger partial charge in [0.15, 0.2) is 11.5 Å². The Bertz CT molecular complexity index is 1190. The molecule has 0 saturated carbocycles. The van der Waals surface area contributed by atoms with Crippen LogP contribution in [0.15, 0.2) is 47.5 Å². The van der Waals surface area contributed by atoms with E-state index in [2.05, 4.69) is 5.32 Å². The van der Waals surface area contributed by atoms with Crippen LogP contribution >= 0.6 is 22.9 Å². The minimum absolute atomic E-state index is 0.0275. The van der Waals surface area contributed by atoms with Crippen LogP contribution in [0, 0.1) is 0 Å². The van der Waals surface area contributed by atoms with Crippen LogP contribution in [-0.4, -0.2) is 25.3 Å². The first-order valence-electron chi connectivity index (χ1n) is 11.5. The Morgan fingerprint density at radius 1 is 1.21 bits per heavy atom. The van der Waals surface area contributed by atoms with E-state index in [-0.39, 0.29) is 12.0 Å². The minimum Gasteiger partial charge on any atom is -0.493 e. The van der Waals surface area contributed by atoms with Crippen LogP contribution in [0.2, 0.25) is 5.02 Å². The number of rotatable bonds is 8. The van der Waals surface area contributed by atoms with E-state index >= 15 is 0 Å². The quantitative estimate of drug-likeness (QED) is 0.350. The molecule has 0 saturated heterocycles. The highest BCUT2D eigenvalue weighted by Gasteiger charge is 2.25. The number of ether oxygens (including phenoxy) is 2. The summed E-state index contributed by atoms with van der Waals surface area (Å²) < 4.78 is 11.3. The molecule has 178 valence electrons. The van der Waals surface area contributed by atoms with Crippen LogP contribution in [0.1, 0.15) is 58.6 Å². The molecule has 5 nitrogen and oxygen atoms in total. The average molecular weight is 497 g/mol. The van der Waals surface area contributed by atoms with Gasteiger partial charge in [0.25, 0.3) is 5.91 Å². The molecule has 3 aromatic rings. The molecule has 0 bridgehead atoms. The second-order valence-corrected chi connectivity index (χ2v) is 10.0. The molecule has 0 radical (unpaired) electrons. The number of carbonyl (C=O) groups excluding carboxylic acids is 1. The van der Waals surface area contributed by atoms with Crippen LogP contribution in [0.3, 0.4) is 0 Å². The number of aliphatic imine (C=N–C) groups is 1. The Balaban J connectivity index is 1.62. The first-order valence-corrected chi connectivity index (χ1v) is 12.7. The highest BCUT2D eigenvalue weighted by molar-refractivity contribution is 7.16. The Morgan fingerprint density at radius 2 is 1.97 bits per heavy atom. The number of nitrogens with one attached hydrogen (secondary N) is 1. The van der Waals surface area contributed by atoms with Gasteiger partial charge in [-0.1, -0.05) is 41.9 Å². The Morgan fingerprint density at radius 3 is 2.71 bits per heavy atom. The third kappa shape index (κ3) is 5.62. The molecule has 1 aromatic heterocycles. The van der Waals surface area contributed by atoms with Crippen molar-refractivity contribution in [1.29, 1.82) is 0 Å². The number of nitrogens with zero attached hydrogens (tertiary/aromatic N) is 1. The summed E-state index contributed by atoms with van der Waals surface area (Å²) in [5.74, 6) is 0.990. The number of halogens is 1. The van der Waals surface area contributed by atoms with Gasteiger partial charge in [0.1, 0.15) is 5.00 Å². The maximum absolute atomic E-state index is 13.2. The fraction of sp³-hybridized carbons (Fsp3) is 0.333. The van der Waals surface area contributed by atoms with Crippen molar-refractivity contribution in [3.63, 3.8) is 0 Å². The number of carbonyl (C=O) groups is 1. The molecular formula is C27H29ClN2O3S. The molecule has 1 amide bonds. The van der Waals surface area contributed by atoms with E-state index in [1.165, 1.54) is 4.88 Å². The molecule has 4 rings (SSSR count). The van der Waals surface area contributed by atoms with E-state index in [9.17, 15) is 4.79 Å². The summed E-state index contributed by atoms with van der Waals surface area (Å²) in [5, 5.41) is 4.27. The summed E-state index contributed by atoms with van der Waals surface area (Å²) in [4.78, 5) is 19.3. The molecule has 1 aliphatic carbocycles. The summed E-state index contributed by atoms with van der Waals surface area (Å²) in [7, 11) is 1.59. The van der Waals surface area contributed by atoms with E-state index in [0.717, 1.165) is 47.4 Å². The summed E-state index contributed by atoms with van der Waals surface area (Å²) in [6.45, 7) is 4.36. The van der Waals surface area contributed by atoms with Crippen LogP contribution in [0.4, 0.5) is 5.00 Å². The number of methoxy groups -OCH3 is 1. The number of amides is 1. The van der Waals surface area contributed by atoms with Gasteiger partial charge < -0.3 is 14.8 Å². The third-order valence-electron chi connectivity index (χ3n) is 5.61. The van der Waals surface area contributed by atoms with Gasteiger partial charge in [-0.25, -0.2) is 4.99 Å². The van der Waals surface area contributed by atoms with Gasteiger partial charge in [-0.3, -0.25) is 4.79 Å². The van der Waals surface area contributed by atoms with Crippen LogP contribution in [-0.2, 0) is 19.4 Å². The molecule has 34 heavy (non-hydrogen) atoms. The van der Waals surface area contributed by atoms with Gasteiger partial charge in [-0.15, -0.1) is 11.3 Å². The number of thiophene rings is 1. The van der Waals surface area contributed by atoms with Crippen LogP contribution < -0.4 is 14.8 Å². The lowest BCUT2D eigenvalue weighted by Gasteiger charge is -2.15. The minimum atomic E-state index is -0.0771. The lowest BCUT2D eigenvalue weighted by Crippen LogP contribution is -2.24. The summed E-state index contributed by atoms with van der Waals surface area (Å²) in [5.41, 5.74) is 3.69. The van der Waals surface area contributed by atoms with E-state index in [0.29, 0.717) is 28.6 Å². The topological polar surface area (TPSA) is 59.9 Å². The maximum atomic E-state index is 13.2. The molecule has 2 aromatic carbocycles. The fourth-order valence-corrected chi connectivity index (χ4v) is 5.53. The number of hydrogen-bond donors (Lipinski definition) is 1. The van der Waals surface area contributed by atoms with E-state index in [1.54, 1.807) is 30.7 Å². The highest BCUT2D eigenvalue weighted by Crippen LogP contribution is 2.40. The van der Waals surface area contributed by atoms with Crippen LogP contribution in [0.5, 0.6) is 11.5 Å². The van der Waals surface area contributed by atoms with E-state index in [1.807, 2.05) is 50.2 Å². The van der Waals surface area contributed by atoms with Crippen LogP contribution in [0.25, 0.3) is 0 Å². The zero-order valence-electron chi connectivity index (χ0n) is 19.7. The number of benzene rings is 2. The molecule has 0 aliphatic heterocycles. The van der Waals surface area contributed by atoms with E-state index in [4.69, 9.17) is 26.1 Å². The molecule has 0 unspecified atom stereocenters. The normalized spacial score (nSPS) is 13.2. The van der Waals surface area contributed by atoms with Crippen molar-refractivity contribution in [1.82, 2.24) is 5.32 Å². The smallest absolute Gasteiger partial charge is 0.254 e. The van der Waals surface area contributed by atoms with Gasteiger partial charge in [0.05, 0.1) is 23.8 Å². The number of aryl methyl sites for hydroxylation is 1. The molecule has 1 heterocycles. The maximum Gasteiger partial charge on any atom is 0.254 e. The molecule has 0 fully saturated rings. The average Bonchev–Trinajstić information content (AvgIpc) is 3.21.